The van der Waals surface area contributed by atoms with Gasteiger partial charge in [0.25, 0.3) is 0 Å². The summed E-state index contributed by atoms with van der Waals surface area (Å²) in [6.07, 6.45) is 0. The lowest BCUT2D eigenvalue weighted by Gasteiger charge is -2.17. The van der Waals surface area contributed by atoms with Gasteiger partial charge in [-0.3, -0.25) is 9.59 Å². The van der Waals surface area contributed by atoms with Gasteiger partial charge in [0.1, 0.15) is 12.1 Å². The van der Waals surface area contributed by atoms with E-state index in [0.717, 1.165) is 0 Å². The van der Waals surface area contributed by atoms with Crippen LogP contribution in [0.25, 0.3) is 0 Å². The second kappa shape index (κ2) is 12.9. The number of hydrogen-bond acceptors (Lipinski definition) is 8. The van der Waals surface area contributed by atoms with Crippen molar-refractivity contribution in [2.24, 2.45) is 0 Å². The Bertz CT molecular complexity index is 407. The maximum absolute atomic E-state index is 11.8. The van der Waals surface area contributed by atoms with Crippen LogP contribution in [0.2, 0.25) is 0 Å². The maximum Gasteiger partial charge on any atom is 0.329 e. The molecule has 0 saturated heterocycles. The number of carbonyl (C=O) groups is 4. The minimum absolute atomic E-state index is 0.222. The van der Waals surface area contributed by atoms with E-state index in [4.69, 9.17) is 9.47 Å². The molecule has 0 heterocycles. The maximum atomic E-state index is 11.8. The minimum Gasteiger partial charge on any atom is -0.464 e. The molecule has 8 nitrogen and oxygen atoms in total. The van der Waals surface area contributed by atoms with Gasteiger partial charge in [-0.2, -0.15) is 0 Å². The molecule has 0 spiro atoms. The molecule has 10 heteroatoms. The fourth-order valence-electron chi connectivity index (χ4n) is 1.55. The van der Waals surface area contributed by atoms with E-state index in [9.17, 15) is 19.2 Å². The van der Waals surface area contributed by atoms with E-state index >= 15 is 0 Å². The Morgan fingerprint density at radius 1 is 0.792 bits per heavy atom. The van der Waals surface area contributed by atoms with Crippen molar-refractivity contribution in [3.63, 3.8) is 0 Å². The predicted octanol–water partition coefficient (Wildman–Crippen LogP) is 0.503. The molecule has 0 fully saturated rings. The lowest BCUT2D eigenvalue weighted by atomic mass is 10.3. The zero-order valence-corrected chi connectivity index (χ0v) is 15.9. The summed E-state index contributed by atoms with van der Waals surface area (Å²) < 4.78 is 9.80. The topological polar surface area (TPSA) is 111 Å². The van der Waals surface area contributed by atoms with Crippen molar-refractivity contribution in [3.05, 3.63) is 0 Å². The van der Waals surface area contributed by atoms with Crippen LogP contribution in [0.1, 0.15) is 27.7 Å². The van der Waals surface area contributed by atoms with Gasteiger partial charge in [-0.15, -0.1) is 0 Å². The highest BCUT2D eigenvalue weighted by molar-refractivity contribution is 8.76. The SMILES string of the molecule is CCOC(=O)[C@H](CSSC[C@@H](NC(C)=O)C(=O)OCC)NC(C)=O. The Morgan fingerprint density at radius 2 is 1.12 bits per heavy atom. The summed E-state index contributed by atoms with van der Waals surface area (Å²) in [6.45, 7) is 6.44. The average Bonchev–Trinajstić information content (AvgIpc) is 2.48. The highest BCUT2D eigenvalue weighted by atomic mass is 33.1. The van der Waals surface area contributed by atoms with Crippen molar-refractivity contribution in [1.29, 1.82) is 0 Å². The van der Waals surface area contributed by atoms with Crippen LogP contribution in [0.3, 0.4) is 0 Å². The first-order valence-corrected chi connectivity index (χ1v) is 9.92. The second-order valence-electron chi connectivity index (χ2n) is 4.58. The fourth-order valence-corrected chi connectivity index (χ4v) is 3.84. The van der Waals surface area contributed by atoms with Crippen LogP contribution in [0.15, 0.2) is 0 Å². The minimum atomic E-state index is -0.762. The lowest BCUT2D eigenvalue weighted by molar-refractivity contribution is -0.147. The number of amides is 2. The first-order valence-electron chi connectivity index (χ1n) is 7.43. The van der Waals surface area contributed by atoms with Crippen LogP contribution < -0.4 is 10.6 Å². The van der Waals surface area contributed by atoms with E-state index in [2.05, 4.69) is 10.6 Å². The largest absolute Gasteiger partial charge is 0.464 e. The zero-order valence-electron chi connectivity index (χ0n) is 14.2. The Balaban J connectivity index is 4.44. The first-order chi connectivity index (χ1) is 11.3. The summed E-state index contributed by atoms with van der Waals surface area (Å²) in [5.41, 5.74) is 0. The van der Waals surface area contributed by atoms with Crippen LogP contribution in [-0.2, 0) is 28.7 Å². The third-order valence-corrected chi connectivity index (χ3v) is 4.87. The summed E-state index contributed by atoms with van der Waals surface area (Å²) in [5, 5.41) is 5.04. The third kappa shape index (κ3) is 10.4. The molecule has 2 N–H and O–H groups in total. The summed E-state index contributed by atoms with van der Waals surface area (Å²) in [4.78, 5) is 45.8. The highest BCUT2D eigenvalue weighted by Gasteiger charge is 2.23. The van der Waals surface area contributed by atoms with Gasteiger partial charge < -0.3 is 20.1 Å². The predicted molar refractivity (Wildman–Crippen MR) is 93.4 cm³/mol. The van der Waals surface area contributed by atoms with E-state index in [1.165, 1.54) is 35.4 Å². The Hall–Kier alpha value is -1.42. The normalized spacial score (nSPS) is 12.7. The third-order valence-electron chi connectivity index (χ3n) is 2.45. The van der Waals surface area contributed by atoms with Crippen LogP contribution in [0.5, 0.6) is 0 Å². The van der Waals surface area contributed by atoms with Crippen molar-refractivity contribution in [3.8, 4) is 0 Å². The summed E-state index contributed by atoms with van der Waals surface area (Å²) in [6, 6.07) is -1.52. The van der Waals surface area contributed by atoms with Gasteiger partial charge in [-0.1, -0.05) is 21.6 Å². The van der Waals surface area contributed by atoms with Crippen LogP contribution in [0, 0.1) is 0 Å². The van der Waals surface area contributed by atoms with Gasteiger partial charge in [0, 0.05) is 25.4 Å². The molecule has 0 bridgehead atoms. The van der Waals surface area contributed by atoms with Crippen molar-refractivity contribution < 1.29 is 28.7 Å². The van der Waals surface area contributed by atoms with Crippen LogP contribution in [0.4, 0.5) is 0 Å². The standard InChI is InChI=1S/C14H24N2O6S2/c1-5-21-13(19)11(15-9(3)17)7-23-24-8-12(16-10(4)18)14(20)22-6-2/h11-12H,5-8H2,1-4H3,(H,15,17)(H,16,18)/t11-,12+. The monoisotopic (exact) mass is 380 g/mol. The van der Waals surface area contributed by atoms with Gasteiger partial charge in [-0.25, -0.2) is 9.59 Å². The number of ether oxygens (including phenoxy) is 2. The molecule has 0 aliphatic rings. The van der Waals surface area contributed by atoms with E-state index in [1.54, 1.807) is 13.8 Å². The van der Waals surface area contributed by atoms with Crippen molar-refractivity contribution in [2.45, 2.75) is 39.8 Å². The van der Waals surface area contributed by atoms with E-state index in [1.807, 2.05) is 0 Å². The smallest absolute Gasteiger partial charge is 0.329 e. The molecular formula is C14H24N2O6S2. The molecule has 0 aliphatic carbocycles. The Morgan fingerprint density at radius 3 is 1.38 bits per heavy atom. The number of rotatable bonds is 11. The Kier molecular flexibility index (Phi) is 12.2. The number of carbonyl (C=O) groups excluding carboxylic acids is 4. The molecule has 0 aromatic carbocycles. The molecular weight excluding hydrogens is 356 g/mol. The molecule has 0 radical (unpaired) electrons. The molecule has 2 atom stereocenters. The van der Waals surface area contributed by atoms with E-state index < -0.39 is 24.0 Å². The van der Waals surface area contributed by atoms with Gasteiger partial charge >= 0.3 is 11.9 Å². The summed E-state index contributed by atoms with van der Waals surface area (Å²) in [7, 11) is 2.58. The van der Waals surface area contributed by atoms with Gasteiger partial charge in [-0.05, 0) is 13.8 Å². The van der Waals surface area contributed by atoms with Gasteiger partial charge in [0.2, 0.25) is 11.8 Å². The molecule has 0 aliphatic heterocycles. The molecule has 0 aromatic rings. The summed E-state index contributed by atoms with van der Waals surface area (Å²) in [5.74, 6) is -1.13. The lowest BCUT2D eigenvalue weighted by Crippen LogP contribution is -2.43. The highest BCUT2D eigenvalue weighted by Crippen LogP contribution is 2.23. The quantitative estimate of drug-likeness (QED) is 0.303. The average molecular weight is 380 g/mol. The van der Waals surface area contributed by atoms with Crippen molar-refractivity contribution in [1.82, 2.24) is 10.6 Å². The van der Waals surface area contributed by atoms with E-state index in [0.29, 0.717) is 0 Å². The summed E-state index contributed by atoms with van der Waals surface area (Å²) >= 11 is 0. The van der Waals surface area contributed by atoms with Gasteiger partial charge in [0.15, 0.2) is 0 Å². The van der Waals surface area contributed by atoms with Crippen LogP contribution in [-0.4, -0.2) is 60.6 Å². The molecule has 24 heavy (non-hydrogen) atoms. The molecule has 0 unspecified atom stereocenters. The zero-order chi connectivity index (χ0) is 18.5. The van der Waals surface area contributed by atoms with Crippen molar-refractivity contribution >= 4 is 45.3 Å². The van der Waals surface area contributed by atoms with Gasteiger partial charge in [0.05, 0.1) is 13.2 Å². The fraction of sp³-hybridized carbons (Fsp3) is 0.714. The number of nitrogens with one attached hydrogen (secondary N) is 2. The first kappa shape index (κ1) is 22.6. The second-order valence-corrected chi connectivity index (χ2v) is 7.13. The number of esters is 2. The van der Waals surface area contributed by atoms with E-state index in [-0.39, 0.29) is 36.5 Å². The Labute approximate surface area is 149 Å². The van der Waals surface area contributed by atoms with Crippen LogP contribution >= 0.6 is 21.6 Å². The molecule has 0 saturated carbocycles. The molecule has 2 amide bonds. The van der Waals surface area contributed by atoms with Crippen molar-refractivity contribution in [2.75, 3.05) is 24.7 Å². The molecule has 0 rings (SSSR count). The number of hydrogen-bond donors (Lipinski definition) is 2. The molecule has 0 aromatic heterocycles. The molecule has 138 valence electrons.